The van der Waals surface area contributed by atoms with Gasteiger partial charge in [0.05, 0.1) is 17.0 Å². The van der Waals surface area contributed by atoms with Crippen molar-refractivity contribution < 1.29 is 10.1 Å². The molecule has 2 nitrogen and oxygen atoms in total. The van der Waals surface area contributed by atoms with Crippen LogP contribution in [-0.2, 0) is 17.7 Å². The number of benzene rings is 1. The Morgan fingerprint density at radius 3 is 2.76 bits per heavy atom. The Morgan fingerprint density at radius 1 is 1.20 bits per heavy atom. The van der Waals surface area contributed by atoms with Crippen molar-refractivity contribution in [3.63, 3.8) is 0 Å². The Hall–Kier alpha value is -0.870. The Bertz CT molecular complexity index is 670. The van der Waals surface area contributed by atoms with Crippen molar-refractivity contribution in [1.82, 2.24) is 0 Å². The Morgan fingerprint density at radius 2 is 2.04 bits per heavy atom. The minimum absolute atomic E-state index is 0.0484. The first-order valence-corrected chi connectivity index (χ1v) is 10.5. The van der Waals surface area contributed by atoms with Crippen LogP contribution in [0.4, 0.5) is 0 Å². The Kier molecular flexibility index (Phi) is 6.21. The second-order valence-electron chi connectivity index (χ2n) is 7.91. The van der Waals surface area contributed by atoms with Gasteiger partial charge in [-0.1, -0.05) is 35.9 Å². The molecule has 0 radical (unpaired) electrons. The van der Waals surface area contributed by atoms with Crippen LogP contribution in [0.25, 0.3) is 0 Å². The zero-order chi connectivity index (χ0) is 17.8. The highest BCUT2D eigenvalue weighted by molar-refractivity contribution is 7.09. The van der Waals surface area contributed by atoms with Crippen LogP contribution in [0.2, 0.25) is 5.02 Å². The maximum Gasteiger partial charge on any atom is 0.111 e. The molecule has 2 N–H and O–H groups in total. The van der Waals surface area contributed by atoms with Crippen molar-refractivity contribution in [2.75, 3.05) is 13.2 Å². The molecule has 0 aliphatic carbocycles. The minimum atomic E-state index is -0.0484. The van der Waals surface area contributed by atoms with E-state index in [0.29, 0.717) is 0 Å². The third-order valence-electron chi connectivity index (χ3n) is 5.25. The van der Waals surface area contributed by atoms with Crippen molar-refractivity contribution in [2.24, 2.45) is 5.41 Å². The SMILES string of the molecule is CC1(C)C[C@@](CC[NH2+]Cc2cccs2)(Cc2ccccc2Cl)CCO1. The van der Waals surface area contributed by atoms with E-state index in [1.54, 1.807) is 0 Å². The van der Waals surface area contributed by atoms with Gasteiger partial charge < -0.3 is 10.1 Å². The maximum atomic E-state index is 6.47. The topological polar surface area (TPSA) is 25.8 Å². The molecule has 1 fully saturated rings. The monoisotopic (exact) mass is 378 g/mol. The number of quaternary nitrogens is 1. The van der Waals surface area contributed by atoms with E-state index in [-0.39, 0.29) is 11.0 Å². The molecule has 3 rings (SSSR count). The number of hydrogen-bond donors (Lipinski definition) is 1. The van der Waals surface area contributed by atoms with Gasteiger partial charge in [0.25, 0.3) is 0 Å². The summed E-state index contributed by atoms with van der Waals surface area (Å²) in [4.78, 5) is 1.45. The van der Waals surface area contributed by atoms with E-state index in [0.717, 1.165) is 44.0 Å². The lowest BCUT2D eigenvalue weighted by molar-refractivity contribution is -0.672. The fourth-order valence-electron chi connectivity index (χ4n) is 4.17. The van der Waals surface area contributed by atoms with Gasteiger partial charge >= 0.3 is 0 Å². The quantitative estimate of drug-likeness (QED) is 0.696. The second kappa shape index (κ2) is 8.22. The number of nitrogens with two attached hydrogens (primary N) is 1. The van der Waals surface area contributed by atoms with E-state index in [1.165, 1.54) is 16.9 Å². The Labute approximate surface area is 160 Å². The molecule has 2 heterocycles. The summed E-state index contributed by atoms with van der Waals surface area (Å²) < 4.78 is 6.01. The zero-order valence-corrected chi connectivity index (χ0v) is 16.8. The van der Waals surface area contributed by atoms with E-state index in [1.807, 2.05) is 23.5 Å². The van der Waals surface area contributed by atoms with Crippen LogP contribution in [0.1, 0.15) is 43.6 Å². The largest absolute Gasteiger partial charge is 0.376 e. The van der Waals surface area contributed by atoms with Crippen LogP contribution in [0.5, 0.6) is 0 Å². The highest BCUT2D eigenvalue weighted by atomic mass is 35.5. The van der Waals surface area contributed by atoms with E-state index in [2.05, 4.69) is 48.8 Å². The predicted octanol–water partition coefficient (Wildman–Crippen LogP) is 4.67. The minimum Gasteiger partial charge on any atom is -0.376 e. The molecule has 0 amide bonds. The first kappa shape index (κ1) is 18.9. The summed E-state index contributed by atoms with van der Waals surface area (Å²) in [5, 5.41) is 5.50. The van der Waals surface area contributed by atoms with Gasteiger partial charge in [-0.15, -0.1) is 11.3 Å². The molecule has 0 bridgehead atoms. The first-order valence-electron chi connectivity index (χ1n) is 9.20. The highest BCUT2D eigenvalue weighted by Crippen LogP contribution is 2.44. The van der Waals surface area contributed by atoms with Crippen LogP contribution >= 0.6 is 22.9 Å². The van der Waals surface area contributed by atoms with Gasteiger partial charge in [0.1, 0.15) is 6.54 Å². The van der Waals surface area contributed by atoms with Gasteiger partial charge in [-0.3, -0.25) is 0 Å². The molecule has 0 unspecified atom stereocenters. The van der Waals surface area contributed by atoms with Gasteiger partial charge in [-0.2, -0.15) is 0 Å². The molecule has 136 valence electrons. The number of rotatable bonds is 7. The second-order valence-corrected chi connectivity index (χ2v) is 9.35. The fraction of sp³-hybridized carbons (Fsp3) is 0.524. The summed E-state index contributed by atoms with van der Waals surface area (Å²) in [5.41, 5.74) is 1.51. The summed E-state index contributed by atoms with van der Waals surface area (Å²) in [7, 11) is 0. The Balaban J connectivity index is 1.67. The number of thiophene rings is 1. The molecular formula is C21H29ClNOS+. The van der Waals surface area contributed by atoms with Crippen LogP contribution in [-0.4, -0.2) is 18.8 Å². The first-order chi connectivity index (χ1) is 12.0. The van der Waals surface area contributed by atoms with Crippen molar-refractivity contribution >= 4 is 22.9 Å². The molecule has 1 aromatic carbocycles. The van der Waals surface area contributed by atoms with Gasteiger partial charge in [0, 0.05) is 18.1 Å². The van der Waals surface area contributed by atoms with Crippen LogP contribution in [0.15, 0.2) is 41.8 Å². The van der Waals surface area contributed by atoms with Gasteiger partial charge in [-0.05, 0) is 61.6 Å². The molecule has 1 saturated heterocycles. The van der Waals surface area contributed by atoms with Crippen molar-refractivity contribution in [2.45, 2.75) is 51.7 Å². The fourth-order valence-corrected chi connectivity index (χ4v) is 5.07. The zero-order valence-electron chi connectivity index (χ0n) is 15.3. The number of ether oxygens (including phenoxy) is 1. The summed E-state index contributed by atoms with van der Waals surface area (Å²) in [5.74, 6) is 0. The standard InChI is InChI=1S/C21H28ClNOS/c1-20(2)16-21(10-12-24-20,14-17-6-3-4-8-19(17)22)9-11-23-15-18-7-5-13-25-18/h3-8,13,23H,9-12,14-16H2,1-2H3/p+1/t21-/m1/s1. The van der Waals surface area contributed by atoms with Crippen molar-refractivity contribution in [1.29, 1.82) is 0 Å². The number of hydrogen-bond acceptors (Lipinski definition) is 2. The smallest absolute Gasteiger partial charge is 0.111 e. The third kappa shape index (κ3) is 5.30. The normalized spacial score (nSPS) is 22.8. The summed E-state index contributed by atoms with van der Waals surface area (Å²) in [6.07, 6.45) is 4.47. The van der Waals surface area contributed by atoms with Gasteiger partial charge in [-0.25, -0.2) is 0 Å². The average molecular weight is 379 g/mol. The lowest BCUT2D eigenvalue weighted by Gasteiger charge is -2.45. The lowest BCUT2D eigenvalue weighted by Crippen LogP contribution is -2.83. The van der Waals surface area contributed by atoms with E-state index in [9.17, 15) is 0 Å². The lowest BCUT2D eigenvalue weighted by atomic mass is 9.68. The van der Waals surface area contributed by atoms with Crippen LogP contribution < -0.4 is 5.32 Å². The highest BCUT2D eigenvalue weighted by Gasteiger charge is 2.41. The average Bonchev–Trinajstić information content (AvgIpc) is 3.06. The number of halogens is 1. The third-order valence-corrected chi connectivity index (χ3v) is 6.52. The molecule has 1 aliphatic heterocycles. The van der Waals surface area contributed by atoms with Crippen molar-refractivity contribution in [3.8, 4) is 0 Å². The van der Waals surface area contributed by atoms with Gasteiger partial charge in [0.2, 0.25) is 0 Å². The molecule has 0 spiro atoms. The molecule has 1 atom stereocenters. The molecule has 25 heavy (non-hydrogen) atoms. The van der Waals surface area contributed by atoms with E-state index in [4.69, 9.17) is 16.3 Å². The van der Waals surface area contributed by atoms with Crippen LogP contribution in [0.3, 0.4) is 0 Å². The van der Waals surface area contributed by atoms with E-state index < -0.39 is 0 Å². The molecule has 1 aliphatic rings. The molecule has 0 saturated carbocycles. The van der Waals surface area contributed by atoms with Crippen LogP contribution in [0, 0.1) is 5.41 Å². The summed E-state index contributed by atoms with van der Waals surface area (Å²) in [6, 6.07) is 12.7. The predicted molar refractivity (Wildman–Crippen MR) is 106 cm³/mol. The molecule has 1 aromatic heterocycles. The van der Waals surface area contributed by atoms with Crippen molar-refractivity contribution in [3.05, 3.63) is 57.2 Å². The molecular weight excluding hydrogens is 350 g/mol. The molecule has 4 heteroatoms. The summed E-state index contributed by atoms with van der Waals surface area (Å²) >= 11 is 8.31. The maximum absolute atomic E-state index is 6.47. The van der Waals surface area contributed by atoms with E-state index >= 15 is 0 Å². The summed E-state index contributed by atoms with van der Waals surface area (Å²) in [6.45, 7) is 7.53. The molecule has 2 aromatic rings. The van der Waals surface area contributed by atoms with Gasteiger partial charge in [0.15, 0.2) is 0 Å².